The number of aliphatic carboxylic acids is 2. The molecule has 1 heterocycles. The molecule has 1 aliphatic rings. The number of carboxylic acid groups (broad SMARTS) is 2. The van der Waals surface area contributed by atoms with Crippen molar-refractivity contribution in [3.05, 3.63) is 72.0 Å². The summed E-state index contributed by atoms with van der Waals surface area (Å²) in [4.78, 5) is 141. The van der Waals surface area contributed by atoms with Gasteiger partial charge < -0.3 is 74.7 Å². The highest BCUT2D eigenvalue weighted by molar-refractivity contribution is 5.99. The molecule has 2 rings (SSSR count). The van der Waals surface area contributed by atoms with Crippen LogP contribution in [-0.2, 0) is 59.1 Å². The van der Waals surface area contributed by atoms with E-state index < -0.39 is 133 Å². The topological polar surface area (TPSA) is 425 Å². The maximum atomic E-state index is 14.3. The van der Waals surface area contributed by atoms with Crippen LogP contribution in [0.1, 0.15) is 78.2 Å². The lowest BCUT2D eigenvalue weighted by atomic mass is 9.94. The molecule has 74 heavy (non-hydrogen) atoms. The number of rotatable bonds is 17. The number of nitrogens with zero attached hydrogens (tertiary/aromatic N) is 3. The Kier molecular flexibility index (Phi) is 26.1. The van der Waals surface area contributed by atoms with Gasteiger partial charge in [0, 0.05) is 45.8 Å². The Morgan fingerprint density at radius 2 is 1.35 bits per heavy atom. The van der Waals surface area contributed by atoms with Crippen LogP contribution >= 0.6 is 0 Å². The normalized spacial score (nSPS) is 22.4. The van der Waals surface area contributed by atoms with Crippen molar-refractivity contribution in [3.8, 4) is 0 Å². The summed E-state index contributed by atoms with van der Waals surface area (Å²) >= 11 is 0. The Hall–Kier alpha value is -8.32. The van der Waals surface area contributed by atoms with Gasteiger partial charge in [-0.2, -0.15) is 0 Å². The number of hydrogen-bond acceptors (Lipinski definition) is 13. The third-order valence-electron chi connectivity index (χ3n) is 11.4. The molecule has 26 heteroatoms. The van der Waals surface area contributed by atoms with Gasteiger partial charge in [0.25, 0.3) is 5.91 Å². The third kappa shape index (κ3) is 22.8. The number of esters is 1. The SMILES string of the molecule is C=C1C(=O)NCC(=O)N[C@@H](CCCN=C(N)N)C(=O)N[C@@H](C(=O)O)CC(=O)N[C@@H](CCCN=C(N)N)C(=O)N[C@@H](/C=C/C(C)=C/[C@H](C)[C@H](Cc2ccccc2)OC(C)=O)[C@H](C)C(=O)N[C@@H](C(=O)O)CCC(=O)N1C. The first-order valence-electron chi connectivity index (χ1n) is 23.7. The zero-order chi connectivity index (χ0) is 55.7. The van der Waals surface area contributed by atoms with E-state index >= 15 is 0 Å². The van der Waals surface area contributed by atoms with Crippen molar-refractivity contribution in [2.75, 3.05) is 26.7 Å². The molecule has 16 N–H and O–H groups in total. The highest BCUT2D eigenvalue weighted by Gasteiger charge is 2.33. The molecule has 1 aliphatic heterocycles. The molecule has 0 radical (unpaired) electrons. The third-order valence-corrected chi connectivity index (χ3v) is 11.4. The predicted molar refractivity (Wildman–Crippen MR) is 270 cm³/mol. The Bertz CT molecular complexity index is 2310. The van der Waals surface area contributed by atoms with E-state index in [0.717, 1.165) is 10.5 Å². The first-order valence-corrected chi connectivity index (χ1v) is 23.7. The quantitative estimate of drug-likeness (QED) is 0.0199. The molecule has 0 saturated carbocycles. The molecule has 1 fully saturated rings. The summed E-state index contributed by atoms with van der Waals surface area (Å²) in [6.07, 6.45) is 2.56. The van der Waals surface area contributed by atoms with Crippen molar-refractivity contribution in [3.63, 3.8) is 0 Å². The van der Waals surface area contributed by atoms with Gasteiger partial charge >= 0.3 is 17.9 Å². The van der Waals surface area contributed by atoms with Crippen LogP contribution in [0.2, 0.25) is 0 Å². The van der Waals surface area contributed by atoms with Crippen LogP contribution in [0.3, 0.4) is 0 Å². The second-order valence-electron chi connectivity index (χ2n) is 17.6. The molecule has 8 atom stereocenters. The molecular weight excluding hydrogens is 967 g/mol. The molecule has 0 aliphatic carbocycles. The van der Waals surface area contributed by atoms with E-state index in [1.807, 2.05) is 37.3 Å². The minimum atomic E-state index is -1.93. The van der Waals surface area contributed by atoms with Crippen molar-refractivity contribution in [1.82, 2.24) is 36.8 Å². The summed E-state index contributed by atoms with van der Waals surface area (Å²) in [5.41, 5.74) is 22.8. The number of aliphatic imine (C=N–C) groups is 2. The number of carboxylic acids is 2. The average Bonchev–Trinajstić information content (AvgIpc) is 3.33. The number of amides is 7. The zero-order valence-electron chi connectivity index (χ0n) is 42.3. The van der Waals surface area contributed by atoms with Gasteiger partial charge in [-0.05, 0) is 44.6 Å². The fourth-order valence-electron chi connectivity index (χ4n) is 7.26. The number of allylic oxidation sites excluding steroid dienone is 2. The summed E-state index contributed by atoms with van der Waals surface area (Å²) in [6, 6.07) is 1.57. The number of nitrogens with two attached hydrogens (primary N) is 4. The molecule has 0 unspecified atom stereocenters. The van der Waals surface area contributed by atoms with Crippen molar-refractivity contribution in [2.24, 2.45) is 44.8 Å². The molecule has 26 nitrogen and oxygen atoms in total. The van der Waals surface area contributed by atoms with Gasteiger partial charge in [0.1, 0.15) is 36.0 Å². The Labute approximate surface area is 428 Å². The minimum absolute atomic E-state index is 0.00799. The number of guanidine groups is 2. The van der Waals surface area contributed by atoms with Gasteiger partial charge in [0.15, 0.2) is 11.9 Å². The maximum absolute atomic E-state index is 14.3. The highest BCUT2D eigenvalue weighted by atomic mass is 16.5. The van der Waals surface area contributed by atoms with Gasteiger partial charge in [-0.25, -0.2) is 9.59 Å². The Balaban J connectivity index is 2.70. The molecule has 1 saturated heterocycles. The van der Waals surface area contributed by atoms with Crippen LogP contribution in [0.15, 0.2) is 76.4 Å². The fraction of sp³-hybridized carbons (Fsp3) is 0.500. The lowest BCUT2D eigenvalue weighted by Gasteiger charge is -2.27. The summed E-state index contributed by atoms with van der Waals surface area (Å²) < 4.78 is 5.66. The number of hydrogen-bond donors (Lipinski definition) is 12. The second-order valence-corrected chi connectivity index (χ2v) is 17.6. The summed E-state index contributed by atoms with van der Waals surface area (Å²) in [7, 11) is 1.17. The summed E-state index contributed by atoms with van der Waals surface area (Å²) in [5.74, 6) is -12.4. The molecule has 7 amide bonds. The number of ether oxygens (including phenoxy) is 1. The lowest BCUT2D eigenvalue weighted by molar-refractivity contribution is -0.148. The fourth-order valence-corrected chi connectivity index (χ4v) is 7.26. The largest absolute Gasteiger partial charge is 0.480 e. The molecule has 0 bridgehead atoms. The van der Waals surface area contributed by atoms with Crippen LogP contribution in [0, 0.1) is 11.8 Å². The van der Waals surface area contributed by atoms with Crippen LogP contribution < -0.4 is 54.8 Å². The van der Waals surface area contributed by atoms with Crippen molar-refractivity contribution >= 4 is 71.2 Å². The van der Waals surface area contributed by atoms with Crippen LogP contribution in [0.4, 0.5) is 0 Å². The summed E-state index contributed by atoms with van der Waals surface area (Å²) in [6.45, 7) is 9.03. The smallest absolute Gasteiger partial charge is 0.326 e. The first kappa shape index (κ1) is 61.8. The van der Waals surface area contributed by atoms with Crippen molar-refractivity contribution < 1.29 is 62.9 Å². The van der Waals surface area contributed by atoms with Gasteiger partial charge in [0.05, 0.1) is 24.9 Å². The molecule has 1 aromatic rings. The molecule has 1 aromatic carbocycles. The zero-order valence-corrected chi connectivity index (χ0v) is 42.3. The number of benzene rings is 1. The van der Waals surface area contributed by atoms with Crippen LogP contribution in [-0.4, -0.2) is 149 Å². The monoisotopic (exact) mass is 1040 g/mol. The number of nitrogens with one attached hydrogen (secondary N) is 6. The van der Waals surface area contributed by atoms with Gasteiger partial charge in [-0.3, -0.25) is 48.3 Å². The lowest BCUT2D eigenvalue weighted by Crippen LogP contribution is -2.55. The Morgan fingerprint density at radius 1 is 0.811 bits per heavy atom. The number of carbonyl (C=O) groups excluding carboxylic acids is 8. The van der Waals surface area contributed by atoms with E-state index in [4.69, 9.17) is 27.7 Å². The Morgan fingerprint density at radius 3 is 1.89 bits per heavy atom. The van der Waals surface area contributed by atoms with Crippen LogP contribution in [0.25, 0.3) is 0 Å². The number of carbonyl (C=O) groups is 10. The van der Waals surface area contributed by atoms with E-state index in [1.54, 1.807) is 19.1 Å². The average molecular weight is 1040 g/mol. The van der Waals surface area contributed by atoms with Crippen LogP contribution in [0.5, 0.6) is 0 Å². The van der Waals surface area contributed by atoms with Gasteiger partial charge in [-0.15, -0.1) is 0 Å². The van der Waals surface area contributed by atoms with Crippen molar-refractivity contribution in [2.45, 2.75) is 115 Å². The molecule has 0 spiro atoms. The van der Waals surface area contributed by atoms with E-state index in [1.165, 1.54) is 27.0 Å². The van der Waals surface area contributed by atoms with E-state index in [2.05, 4.69) is 48.5 Å². The van der Waals surface area contributed by atoms with Gasteiger partial charge in [0.2, 0.25) is 35.4 Å². The molecule has 406 valence electrons. The molecular formula is C48H71N13O13. The first-order chi connectivity index (χ1) is 34.8. The maximum Gasteiger partial charge on any atom is 0.326 e. The predicted octanol–water partition coefficient (Wildman–Crippen LogP) is -2.09. The molecule has 0 aromatic heterocycles. The van der Waals surface area contributed by atoms with E-state index in [9.17, 15) is 58.2 Å². The number of likely N-dealkylation sites (N-methyl/N-ethyl adjacent to an activating group) is 1. The highest BCUT2D eigenvalue weighted by Crippen LogP contribution is 2.19. The van der Waals surface area contributed by atoms with E-state index in [-0.39, 0.29) is 56.6 Å². The standard InChI is InChI=1S/C48H71N13O13/c1-26(22-27(2)37(74-30(5)62)23-31-12-8-7-9-13-31)16-17-32-28(3)41(66)59-35(45(70)71)18-19-40(65)61(6)29(4)42(67)55-25-39(64)57-34(15-11-21-54-48(51)52)44(69)60-36(46(72)73)24-38(63)56-33(43(68)58-32)14-10-20-53-47(49)50/h7-9,12-13,16-17,22,27-28,32-37H,4,10-11,14-15,18-21,23-25H2,1-3,5-6H3,(H,55,67)(H,56,63)(H,57,64)(H,58,68)(H,59,66)(H,60,69)(H,70,71)(H,72,73)(H4,49,50,53)(H4,51,52,54)/b17-16+,26-22+/t27-,28-,32-,33-,34-,35+,36+,37-/m0/s1. The van der Waals surface area contributed by atoms with Gasteiger partial charge in [-0.1, -0.05) is 74.6 Å². The van der Waals surface area contributed by atoms with Crippen molar-refractivity contribution in [1.29, 1.82) is 0 Å². The second kappa shape index (κ2) is 31.2. The minimum Gasteiger partial charge on any atom is -0.480 e. The summed E-state index contributed by atoms with van der Waals surface area (Å²) in [5, 5.41) is 34.7. The van der Waals surface area contributed by atoms with E-state index in [0.29, 0.717) is 12.0 Å².